The highest BCUT2D eigenvalue weighted by Gasteiger charge is 2.26. The van der Waals surface area contributed by atoms with Crippen LogP contribution in [0.4, 0.5) is 5.69 Å². The second kappa shape index (κ2) is 8.93. The summed E-state index contributed by atoms with van der Waals surface area (Å²) < 4.78 is 36.0. The summed E-state index contributed by atoms with van der Waals surface area (Å²) >= 11 is 0. The van der Waals surface area contributed by atoms with Gasteiger partial charge in [-0.2, -0.15) is 4.31 Å². The molecule has 25 heavy (non-hydrogen) atoms. The Labute approximate surface area is 147 Å². The molecule has 1 saturated heterocycles. The number of ether oxygens (including phenoxy) is 2. The minimum Gasteiger partial charge on any atom is -0.454 e. The van der Waals surface area contributed by atoms with Gasteiger partial charge < -0.3 is 14.8 Å². The summed E-state index contributed by atoms with van der Waals surface area (Å²) in [6.07, 6.45) is 2.73. The molecule has 0 saturated carbocycles. The van der Waals surface area contributed by atoms with E-state index in [0.717, 1.165) is 19.3 Å². The van der Waals surface area contributed by atoms with E-state index in [1.807, 2.05) is 0 Å². The molecule has 1 amide bonds. The first-order valence-corrected chi connectivity index (χ1v) is 9.42. The minimum atomic E-state index is -3.57. The normalized spacial score (nSPS) is 15.6. The molecule has 1 N–H and O–H groups in total. The van der Waals surface area contributed by atoms with Crippen molar-refractivity contribution in [2.75, 3.05) is 38.7 Å². The maximum Gasteiger partial charge on any atom is 0.332 e. The van der Waals surface area contributed by atoms with Crippen LogP contribution in [0.2, 0.25) is 0 Å². The fourth-order valence-electron chi connectivity index (χ4n) is 2.49. The van der Waals surface area contributed by atoms with Crippen molar-refractivity contribution in [3.8, 4) is 0 Å². The third kappa shape index (κ3) is 5.52. The predicted molar refractivity (Wildman–Crippen MR) is 90.5 cm³/mol. The van der Waals surface area contributed by atoms with Crippen molar-refractivity contribution < 1.29 is 27.5 Å². The summed E-state index contributed by atoms with van der Waals surface area (Å²) in [6, 6.07) is 6.03. The highest BCUT2D eigenvalue weighted by molar-refractivity contribution is 7.89. The van der Waals surface area contributed by atoms with Gasteiger partial charge in [0.1, 0.15) is 6.61 Å². The van der Waals surface area contributed by atoms with Gasteiger partial charge in [-0.15, -0.1) is 0 Å². The Kier molecular flexibility index (Phi) is 6.91. The van der Waals surface area contributed by atoms with Crippen molar-refractivity contribution >= 4 is 27.6 Å². The smallest absolute Gasteiger partial charge is 0.332 e. The first-order chi connectivity index (χ1) is 11.9. The van der Waals surface area contributed by atoms with Crippen LogP contribution in [-0.2, 0) is 29.1 Å². The highest BCUT2D eigenvalue weighted by atomic mass is 32.2. The lowest BCUT2D eigenvalue weighted by Gasteiger charge is -2.26. The number of hydrogen-bond acceptors (Lipinski definition) is 6. The fourth-order valence-corrected chi connectivity index (χ4v) is 4.05. The van der Waals surface area contributed by atoms with E-state index in [2.05, 4.69) is 10.1 Å². The molecule has 0 aliphatic carbocycles. The molecule has 1 aliphatic heterocycles. The monoisotopic (exact) mass is 370 g/mol. The molecule has 0 radical (unpaired) electrons. The van der Waals surface area contributed by atoms with Crippen LogP contribution in [0, 0.1) is 0 Å². The van der Waals surface area contributed by atoms with Crippen LogP contribution in [0.5, 0.6) is 0 Å². The Morgan fingerprint density at radius 1 is 1.16 bits per heavy atom. The van der Waals surface area contributed by atoms with Crippen molar-refractivity contribution in [3.05, 3.63) is 24.3 Å². The standard InChI is InChI=1S/C16H22N2O6S/c1-23-12-16(20)24-11-15(19)17-13-6-5-7-14(10-13)25(21,22)18-8-3-2-4-9-18/h5-7,10H,2-4,8-9,11-12H2,1H3,(H,17,19). The lowest BCUT2D eigenvalue weighted by atomic mass is 10.2. The number of carbonyl (C=O) groups excluding carboxylic acids is 2. The van der Waals surface area contributed by atoms with Crippen molar-refractivity contribution in [1.29, 1.82) is 0 Å². The second-order valence-electron chi connectivity index (χ2n) is 5.63. The first kappa shape index (κ1) is 19.4. The molecule has 1 fully saturated rings. The molecule has 138 valence electrons. The molecule has 1 aromatic rings. The molecule has 2 rings (SSSR count). The SMILES string of the molecule is COCC(=O)OCC(=O)Nc1cccc(S(=O)(=O)N2CCCCC2)c1. The maximum atomic E-state index is 12.6. The molecule has 9 heteroatoms. The average molecular weight is 370 g/mol. The Morgan fingerprint density at radius 2 is 1.88 bits per heavy atom. The van der Waals surface area contributed by atoms with Crippen LogP contribution in [-0.4, -0.2) is 58.0 Å². The average Bonchev–Trinajstić information content (AvgIpc) is 2.61. The Balaban J connectivity index is 2.00. The van der Waals surface area contributed by atoms with Gasteiger partial charge in [-0.25, -0.2) is 13.2 Å². The van der Waals surface area contributed by atoms with Gasteiger partial charge in [-0.1, -0.05) is 12.5 Å². The second-order valence-corrected chi connectivity index (χ2v) is 7.57. The van der Waals surface area contributed by atoms with E-state index in [1.54, 1.807) is 12.1 Å². The zero-order valence-corrected chi connectivity index (χ0v) is 14.9. The van der Waals surface area contributed by atoms with Crippen molar-refractivity contribution in [1.82, 2.24) is 4.31 Å². The summed E-state index contributed by atoms with van der Waals surface area (Å²) in [5, 5.41) is 2.51. The first-order valence-electron chi connectivity index (χ1n) is 7.98. The quantitative estimate of drug-likeness (QED) is 0.718. The van der Waals surface area contributed by atoms with Gasteiger partial charge in [-0.05, 0) is 31.0 Å². The van der Waals surface area contributed by atoms with Crippen LogP contribution < -0.4 is 5.32 Å². The number of nitrogens with zero attached hydrogens (tertiary/aromatic N) is 1. The van der Waals surface area contributed by atoms with Crippen molar-refractivity contribution in [2.24, 2.45) is 0 Å². The van der Waals surface area contributed by atoms with Crippen LogP contribution in [0.1, 0.15) is 19.3 Å². The van der Waals surface area contributed by atoms with E-state index >= 15 is 0 Å². The van der Waals surface area contributed by atoms with Crippen LogP contribution in [0.15, 0.2) is 29.2 Å². The third-order valence-corrected chi connectivity index (χ3v) is 5.59. The molecule has 1 aliphatic rings. The number of hydrogen-bond donors (Lipinski definition) is 1. The molecule has 0 spiro atoms. The largest absolute Gasteiger partial charge is 0.454 e. The Morgan fingerprint density at radius 3 is 2.56 bits per heavy atom. The van der Waals surface area contributed by atoms with E-state index in [9.17, 15) is 18.0 Å². The van der Waals surface area contributed by atoms with E-state index in [-0.39, 0.29) is 11.5 Å². The summed E-state index contributed by atoms with van der Waals surface area (Å²) in [5.41, 5.74) is 0.325. The van der Waals surface area contributed by atoms with E-state index in [4.69, 9.17) is 4.74 Å². The highest BCUT2D eigenvalue weighted by Crippen LogP contribution is 2.22. The van der Waals surface area contributed by atoms with Gasteiger partial charge >= 0.3 is 5.97 Å². The van der Waals surface area contributed by atoms with Crippen LogP contribution in [0.3, 0.4) is 0 Å². The van der Waals surface area contributed by atoms with Gasteiger partial charge in [0.2, 0.25) is 10.0 Å². The molecule has 1 aromatic carbocycles. The van der Waals surface area contributed by atoms with Crippen molar-refractivity contribution in [3.63, 3.8) is 0 Å². The number of carbonyl (C=O) groups is 2. The van der Waals surface area contributed by atoms with Gasteiger partial charge in [0.25, 0.3) is 5.91 Å². The van der Waals surface area contributed by atoms with E-state index in [0.29, 0.717) is 18.8 Å². The molecule has 0 atom stereocenters. The zero-order chi connectivity index (χ0) is 18.3. The molecule has 1 heterocycles. The van der Waals surface area contributed by atoms with Crippen molar-refractivity contribution in [2.45, 2.75) is 24.2 Å². The summed E-state index contributed by atoms with van der Waals surface area (Å²) in [4.78, 5) is 23.1. The third-order valence-electron chi connectivity index (χ3n) is 3.70. The van der Waals surface area contributed by atoms with E-state index in [1.165, 1.54) is 23.5 Å². The number of nitrogens with one attached hydrogen (secondary N) is 1. The van der Waals surface area contributed by atoms with Crippen LogP contribution >= 0.6 is 0 Å². The lowest BCUT2D eigenvalue weighted by Crippen LogP contribution is -2.35. The molecule has 0 bridgehead atoms. The van der Waals surface area contributed by atoms with Gasteiger partial charge in [0.15, 0.2) is 6.61 Å². The number of esters is 1. The molecular formula is C16H22N2O6S. The number of rotatable bonds is 7. The fraction of sp³-hybridized carbons (Fsp3) is 0.500. The van der Waals surface area contributed by atoms with Gasteiger partial charge in [-0.3, -0.25) is 4.79 Å². The minimum absolute atomic E-state index is 0.128. The maximum absolute atomic E-state index is 12.6. The summed E-state index contributed by atoms with van der Waals surface area (Å²) in [7, 11) is -2.23. The zero-order valence-electron chi connectivity index (χ0n) is 14.1. The molecule has 8 nitrogen and oxygen atoms in total. The molecule has 0 aromatic heterocycles. The molecule has 0 unspecified atom stereocenters. The number of sulfonamides is 1. The van der Waals surface area contributed by atoms with E-state index < -0.39 is 28.5 Å². The predicted octanol–water partition coefficient (Wildman–Crippen LogP) is 0.989. The van der Waals surface area contributed by atoms with Gasteiger partial charge in [0, 0.05) is 25.9 Å². The van der Waals surface area contributed by atoms with Gasteiger partial charge in [0.05, 0.1) is 4.90 Å². The Hall–Kier alpha value is -1.97. The number of methoxy groups -OCH3 is 1. The molecular weight excluding hydrogens is 348 g/mol. The topological polar surface area (TPSA) is 102 Å². The lowest BCUT2D eigenvalue weighted by molar-refractivity contribution is -0.150. The summed E-state index contributed by atoms with van der Waals surface area (Å²) in [6.45, 7) is 0.310. The Bertz CT molecular complexity index is 713. The number of amides is 1. The van der Waals surface area contributed by atoms with Crippen LogP contribution in [0.25, 0.3) is 0 Å². The summed E-state index contributed by atoms with van der Waals surface area (Å²) in [5.74, 6) is -1.21. The number of benzene rings is 1. The number of piperidine rings is 1. The number of anilines is 1.